The summed E-state index contributed by atoms with van der Waals surface area (Å²) in [5.74, 6) is -1.47. The van der Waals surface area contributed by atoms with Crippen LogP contribution in [0.1, 0.15) is 6.42 Å². The molecule has 1 aliphatic heterocycles. The monoisotopic (exact) mass is 321 g/mol. The Balaban J connectivity index is 2.29. The second-order valence-electron chi connectivity index (χ2n) is 4.57. The van der Waals surface area contributed by atoms with Gasteiger partial charge in [0, 0.05) is 29.6 Å². The van der Waals surface area contributed by atoms with E-state index < -0.39 is 20.8 Å². The molecule has 2 rings (SSSR count). The first-order valence-corrected chi connectivity index (χ1v) is 8.35. The lowest BCUT2D eigenvalue weighted by Gasteiger charge is -2.20. The van der Waals surface area contributed by atoms with Gasteiger partial charge in [-0.25, -0.2) is 12.8 Å². The summed E-state index contributed by atoms with van der Waals surface area (Å²) in [5, 5.41) is 0. The van der Waals surface area contributed by atoms with Crippen molar-refractivity contribution in [1.29, 1.82) is 0 Å². The average molecular weight is 322 g/mol. The SMILES string of the molecule is COc1cccc(F)c1N1CC(CS(=O)(=O)Cl)CC1=O. The maximum atomic E-state index is 13.9. The van der Waals surface area contributed by atoms with Crippen molar-refractivity contribution in [3.63, 3.8) is 0 Å². The van der Waals surface area contributed by atoms with Crippen LogP contribution in [0.5, 0.6) is 5.75 Å². The first-order valence-electron chi connectivity index (χ1n) is 5.87. The van der Waals surface area contributed by atoms with Gasteiger partial charge in [0.05, 0.1) is 12.9 Å². The number of para-hydroxylation sites is 1. The first kappa shape index (κ1) is 15.1. The number of hydrogen-bond acceptors (Lipinski definition) is 4. The fourth-order valence-electron chi connectivity index (χ4n) is 2.31. The van der Waals surface area contributed by atoms with E-state index in [0.717, 1.165) is 0 Å². The highest BCUT2D eigenvalue weighted by Crippen LogP contribution is 2.35. The normalized spacial score (nSPS) is 19.4. The molecule has 8 heteroatoms. The summed E-state index contributed by atoms with van der Waals surface area (Å²) in [6.45, 7) is 0.0993. The van der Waals surface area contributed by atoms with E-state index in [1.165, 1.54) is 30.2 Å². The largest absolute Gasteiger partial charge is 0.494 e. The van der Waals surface area contributed by atoms with Gasteiger partial charge in [-0.2, -0.15) is 0 Å². The van der Waals surface area contributed by atoms with Crippen molar-refractivity contribution in [2.75, 3.05) is 24.3 Å². The number of carbonyl (C=O) groups is 1. The fraction of sp³-hybridized carbons (Fsp3) is 0.417. The van der Waals surface area contributed by atoms with Crippen LogP contribution in [0.3, 0.4) is 0 Å². The lowest BCUT2D eigenvalue weighted by molar-refractivity contribution is -0.117. The molecule has 1 aromatic rings. The predicted molar refractivity (Wildman–Crippen MR) is 73.1 cm³/mol. The molecule has 0 N–H and O–H groups in total. The Labute approximate surface area is 120 Å². The van der Waals surface area contributed by atoms with Crippen LogP contribution in [-0.4, -0.2) is 33.7 Å². The number of carbonyl (C=O) groups excluding carboxylic acids is 1. The molecule has 20 heavy (non-hydrogen) atoms. The summed E-state index contributed by atoms with van der Waals surface area (Å²) < 4.78 is 41.1. The number of methoxy groups -OCH3 is 1. The molecule has 0 radical (unpaired) electrons. The number of rotatable bonds is 4. The smallest absolute Gasteiger partial charge is 0.232 e. The summed E-state index contributed by atoms with van der Waals surface area (Å²) in [6, 6.07) is 4.23. The summed E-state index contributed by atoms with van der Waals surface area (Å²) in [4.78, 5) is 13.2. The number of ether oxygens (including phenoxy) is 1. The zero-order valence-corrected chi connectivity index (χ0v) is 12.2. The van der Waals surface area contributed by atoms with E-state index in [9.17, 15) is 17.6 Å². The van der Waals surface area contributed by atoms with Crippen LogP contribution in [0, 0.1) is 11.7 Å². The van der Waals surface area contributed by atoms with E-state index >= 15 is 0 Å². The topological polar surface area (TPSA) is 63.7 Å². The molecule has 1 unspecified atom stereocenters. The molecule has 0 spiro atoms. The van der Waals surface area contributed by atoms with Crippen LogP contribution in [-0.2, 0) is 13.8 Å². The Morgan fingerprint density at radius 2 is 2.20 bits per heavy atom. The summed E-state index contributed by atoms with van der Waals surface area (Å²) in [7, 11) is 2.87. The van der Waals surface area contributed by atoms with Crippen LogP contribution in [0.4, 0.5) is 10.1 Å². The van der Waals surface area contributed by atoms with Gasteiger partial charge >= 0.3 is 0 Å². The van der Waals surface area contributed by atoms with Gasteiger partial charge in [0.25, 0.3) is 0 Å². The van der Waals surface area contributed by atoms with Crippen LogP contribution in [0.15, 0.2) is 18.2 Å². The van der Waals surface area contributed by atoms with Crippen molar-refractivity contribution in [2.24, 2.45) is 5.92 Å². The second kappa shape index (κ2) is 5.57. The van der Waals surface area contributed by atoms with E-state index in [-0.39, 0.29) is 36.1 Å². The maximum Gasteiger partial charge on any atom is 0.232 e. The molecule has 1 aliphatic rings. The number of anilines is 1. The van der Waals surface area contributed by atoms with Gasteiger partial charge in [-0.05, 0) is 12.1 Å². The molecule has 0 bridgehead atoms. The minimum atomic E-state index is -3.69. The molecule has 0 aromatic heterocycles. The van der Waals surface area contributed by atoms with Gasteiger partial charge in [-0.3, -0.25) is 4.79 Å². The van der Waals surface area contributed by atoms with Gasteiger partial charge < -0.3 is 9.64 Å². The molecule has 0 saturated carbocycles. The van der Waals surface area contributed by atoms with E-state index in [2.05, 4.69) is 0 Å². The van der Waals surface area contributed by atoms with Gasteiger partial charge in [0.2, 0.25) is 15.0 Å². The molecule has 1 aromatic carbocycles. The number of hydrogen-bond donors (Lipinski definition) is 0. The minimum Gasteiger partial charge on any atom is -0.494 e. The molecule has 1 atom stereocenters. The van der Waals surface area contributed by atoms with Crippen LogP contribution in [0.25, 0.3) is 0 Å². The lowest BCUT2D eigenvalue weighted by atomic mass is 10.1. The average Bonchev–Trinajstić information content (AvgIpc) is 2.67. The van der Waals surface area contributed by atoms with Gasteiger partial charge in [0.15, 0.2) is 5.82 Å². The number of benzene rings is 1. The fourth-order valence-corrected chi connectivity index (χ4v) is 3.63. The lowest BCUT2D eigenvalue weighted by Crippen LogP contribution is -2.26. The zero-order chi connectivity index (χ0) is 14.9. The van der Waals surface area contributed by atoms with Crippen molar-refractivity contribution in [3.05, 3.63) is 24.0 Å². The Bertz CT molecular complexity index is 634. The Hall–Kier alpha value is -1.34. The van der Waals surface area contributed by atoms with Crippen molar-refractivity contribution in [1.82, 2.24) is 0 Å². The molecule has 1 saturated heterocycles. The maximum absolute atomic E-state index is 13.9. The summed E-state index contributed by atoms with van der Waals surface area (Å²) >= 11 is 0. The summed E-state index contributed by atoms with van der Waals surface area (Å²) in [5.41, 5.74) is 0.0365. The third kappa shape index (κ3) is 3.21. The zero-order valence-electron chi connectivity index (χ0n) is 10.7. The van der Waals surface area contributed by atoms with E-state index in [4.69, 9.17) is 15.4 Å². The third-order valence-corrected chi connectivity index (χ3v) is 4.33. The van der Waals surface area contributed by atoms with Crippen molar-refractivity contribution in [2.45, 2.75) is 6.42 Å². The Morgan fingerprint density at radius 1 is 1.50 bits per heavy atom. The van der Waals surface area contributed by atoms with Crippen molar-refractivity contribution < 1.29 is 22.3 Å². The van der Waals surface area contributed by atoms with Gasteiger partial charge in [-0.1, -0.05) is 6.07 Å². The van der Waals surface area contributed by atoms with E-state index in [1.807, 2.05) is 0 Å². The van der Waals surface area contributed by atoms with Crippen LogP contribution < -0.4 is 9.64 Å². The van der Waals surface area contributed by atoms with Crippen molar-refractivity contribution >= 4 is 31.3 Å². The Morgan fingerprint density at radius 3 is 2.80 bits per heavy atom. The van der Waals surface area contributed by atoms with Crippen LogP contribution in [0.2, 0.25) is 0 Å². The predicted octanol–water partition coefficient (Wildman–Crippen LogP) is 1.76. The third-order valence-electron chi connectivity index (χ3n) is 3.08. The van der Waals surface area contributed by atoms with E-state index in [0.29, 0.717) is 0 Å². The minimum absolute atomic E-state index is 0.0173. The second-order valence-corrected chi connectivity index (χ2v) is 7.39. The summed E-state index contributed by atoms with van der Waals surface area (Å²) in [6.07, 6.45) is 0.0173. The van der Waals surface area contributed by atoms with Gasteiger partial charge in [0.1, 0.15) is 11.4 Å². The van der Waals surface area contributed by atoms with E-state index in [1.54, 1.807) is 0 Å². The highest BCUT2D eigenvalue weighted by Gasteiger charge is 2.35. The Kier molecular flexibility index (Phi) is 4.19. The highest BCUT2D eigenvalue weighted by atomic mass is 35.7. The molecule has 0 aliphatic carbocycles. The standard InChI is InChI=1S/C12H13ClFNO4S/c1-19-10-4-2-3-9(14)12(10)15-6-8(5-11(15)16)7-20(13,17)18/h2-4,8H,5-7H2,1H3. The van der Waals surface area contributed by atoms with Crippen LogP contribution >= 0.6 is 10.7 Å². The number of amides is 1. The molecule has 1 amide bonds. The molecular formula is C12H13ClFNO4S. The van der Waals surface area contributed by atoms with Gasteiger partial charge in [-0.15, -0.1) is 0 Å². The molecular weight excluding hydrogens is 309 g/mol. The van der Waals surface area contributed by atoms with Crippen molar-refractivity contribution in [3.8, 4) is 5.75 Å². The number of nitrogens with zero attached hydrogens (tertiary/aromatic N) is 1. The number of halogens is 2. The first-order chi connectivity index (χ1) is 9.31. The molecule has 110 valence electrons. The molecule has 5 nitrogen and oxygen atoms in total. The molecule has 1 fully saturated rings. The molecule has 1 heterocycles. The highest BCUT2D eigenvalue weighted by molar-refractivity contribution is 8.13. The quantitative estimate of drug-likeness (QED) is 0.793.